The van der Waals surface area contributed by atoms with Gasteiger partial charge in [0.15, 0.2) is 0 Å². The van der Waals surface area contributed by atoms with Crippen LogP contribution in [0, 0.1) is 0 Å². The summed E-state index contributed by atoms with van der Waals surface area (Å²) in [4.78, 5) is -0.208. The molecule has 7 heteroatoms. The van der Waals surface area contributed by atoms with Gasteiger partial charge in [0, 0.05) is 15.8 Å². The van der Waals surface area contributed by atoms with Gasteiger partial charge in [-0.2, -0.15) is 13.2 Å². The second-order valence-electron chi connectivity index (χ2n) is 3.50. The van der Waals surface area contributed by atoms with Gasteiger partial charge in [-0.15, -0.1) is 0 Å². The predicted molar refractivity (Wildman–Crippen MR) is 65.4 cm³/mol. The monoisotopic (exact) mass is 348 g/mol. The largest absolute Gasteiger partial charge is 0.446 e. The lowest BCUT2D eigenvalue weighted by Crippen LogP contribution is -2.01. The Balaban J connectivity index is 2.96. The van der Waals surface area contributed by atoms with Gasteiger partial charge in [0.25, 0.3) is 6.43 Å². The van der Waals surface area contributed by atoms with Gasteiger partial charge in [-0.1, -0.05) is 22.0 Å². The average molecular weight is 349 g/mol. The zero-order chi connectivity index (χ0) is 13.8. The van der Waals surface area contributed by atoms with E-state index in [1.165, 1.54) is 12.1 Å². The molecular weight excluding hydrogens is 339 g/mol. The molecule has 0 atom stereocenters. The zero-order valence-electron chi connectivity index (χ0n) is 9.11. The first kappa shape index (κ1) is 15.8. The summed E-state index contributed by atoms with van der Waals surface area (Å²) in [6, 6.07) is 3.50. The SMILES string of the molecule is FC(F)c1cc(SC(F)(F)F)ccc1CCCBr. The van der Waals surface area contributed by atoms with Gasteiger partial charge in [0.1, 0.15) is 0 Å². The molecule has 0 bridgehead atoms. The summed E-state index contributed by atoms with van der Waals surface area (Å²) < 4.78 is 62.0. The Hall–Kier alpha value is -0.300. The van der Waals surface area contributed by atoms with Crippen molar-refractivity contribution in [1.29, 1.82) is 0 Å². The van der Waals surface area contributed by atoms with Crippen LogP contribution in [0.25, 0.3) is 0 Å². The van der Waals surface area contributed by atoms with Crippen LogP contribution in [0.2, 0.25) is 0 Å². The second kappa shape index (κ2) is 6.75. The van der Waals surface area contributed by atoms with Crippen LogP contribution >= 0.6 is 27.7 Å². The lowest BCUT2D eigenvalue weighted by molar-refractivity contribution is -0.0328. The molecule has 0 radical (unpaired) electrons. The number of thioether (sulfide) groups is 1. The maximum absolute atomic E-state index is 12.8. The van der Waals surface area contributed by atoms with Crippen molar-refractivity contribution in [3.63, 3.8) is 0 Å². The van der Waals surface area contributed by atoms with Crippen molar-refractivity contribution in [2.24, 2.45) is 0 Å². The van der Waals surface area contributed by atoms with E-state index in [1.807, 2.05) is 0 Å². The van der Waals surface area contributed by atoms with Crippen LogP contribution in [0.4, 0.5) is 22.0 Å². The Morgan fingerprint density at radius 1 is 1.22 bits per heavy atom. The summed E-state index contributed by atoms with van der Waals surface area (Å²) in [7, 11) is 0. The topological polar surface area (TPSA) is 0 Å². The van der Waals surface area contributed by atoms with Crippen LogP contribution in [0.5, 0.6) is 0 Å². The molecule has 0 aromatic heterocycles. The highest BCUT2D eigenvalue weighted by Gasteiger charge is 2.29. The third kappa shape index (κ3) is 5.14. The highest BCUT2D eigenvalue weighted by Crippen LogP contribution is 2.38. The van der Waals surface area contributed by atoms with E-state index < -0.39 is 11.9 Å². The number of alkyl halides is 6. The molecule has 1 aromatic carbocycles. The van der Waals surface area contributed by atoms with Crippen molar-refractivity contribution in [2.75, 3.05) is 5.33 Å². The minimum Gasteiger partial charge on any atom is -0.205 e. The summed E-state index contributed by atoms with van der Waals surface area (Å²) in [5.41, 5.74) is -4.38. The van der Waals surface area contributed by atoms with Crippen LogP contribution in [-0.2, 0) is 6.42 Å². The van der Waals surface area contributed by atoms with Crippen LogP contribution < -0.4 is 0 Å². The van der Waals surface area contributed by atoms with Crippen molar-refractivity contribution < 1.29 is 22.0 Å². The Morgan fingerprint density at radius 2 is 1.89 bits per heavy atom. The standard InChI is InChI=1S/C11H10BrF5S/c12-5-1-2-7-3-4-8(18-11(15,16)17)6-9(7)10(13)14/h3-4,6,10H,1-2,5H2. The van der Waals surface area contributed by atoms with E-state index in [-0.39, 0.29) is 22.2 Å². The Labute approximate surface area is 114 Å². The summed E-state index contributed by atoms with van der Waals surface area (Å²) in [6.45, 7) is 0. The van der Waals surface area contributed by atoms with E-state index in [1.54, 1.807) is 0 Å². The molecule has 102 valence electrons. The zero-order valence-corrected chi connectivity index (χ0v) is 11.5. The van der Waals surface area contributed by atoms with Gasteiger partial charge < -0.3 is 0 Å². The number of aryl methyl sites for hydroxylation is 1. The minimum absolute atomic E-state index is 0.208. The smallest absolute Gasteiger partial charge is 0.205 e. The number of hydrogen-bond acceptors (Lipinski definition) is 1. The highest BCUT2D eigenvalue weighted by atomic mass is 79.9. The van der Waals surface area contributed by atoms with Crippen LogP contribution in [0.15, 0.2) is 23.1 Å². The van der Waals surface area contributed by atoms with E-state index in [0.29, 0.717) is 23.7 Å². The molecule has 0 fully saturated rings. The Morgan fingerprint density at radius 3 is 2.39 bits per heavy atom. The maximum atomic E-state index is 12.8. The van der Waals surface area contributed by atoms with Gasteiger partial charge in [0.05, 0.1) is 0 Å². The minimum atomic E-state index is -4.46. The number of benzene rings is 1. The van der Waals surface area contributed by atoms with Gasteiger partial charge in [-0.25, -0.2) is 8.78 Å². The molecule has 0 aliphatic carbocycles. The number of rotatable bonds is 5. The molecule has 0 aliphatic rings. The Kier molecular flexibility index (Phi) is 5.91. The van der Waals surface area contributed by atoms with Crippen molar-refractivity contribution in [3.05, 3.63) is 29.3 Å². The molecule has 0 unspecified atom stereocenters. The summed E-state index contributed by atoms with van der Waals surface area (Å²) in [5.74, 6) is 0. The quantitative estimate of drug-likeness (QED) is 0.381. The fraction of sp³-hybridized carbons (Fsp3) is 0.455. The molecule has 1 rings (SSSR count). The molecule has 18 heavy (non-hydrogen) atoms. The van der Waals surface area contributed by atoms with Gasteiger partial charge in [-0.05, 0) is 42.3 Å². The normalized spacial score (nSPS) is 12.2. The van der Waals surface area contributed by atoms with E-state index in [4.69, 9.17) is 0 Å². The van der Waals surface area contributed by atoms with E-state index in [2.05, 4.69) is 15.9 Å². The predicted octanol–water partition coefficient (Wildman–Crippen LogP) is 5.56. The molecule has 0 N–H and O–H groups in total. The molecule has 0 amide bonds. The lowest BCUT2D eigenvalue weighted by Gasteiger charge is -2.11. The van der Waals surface area contributed by atoms with Crippen molar-refractivity contribution in [2.45, 2.75) is 29.7 Å². The third-order valence-electron chi connectivity index (χ3n) is 2.17. The van der Waals surface area contributed by atoms with Crippen LogP contribution in [-0.4, -0.2) is 10.8 Å². The number of hydrogen-bond donors (Lipinski definition) is 0. The van der Waals surface area contributed by atoms with Crippen LogP contribution in [0.1, 0.15) is 24.0 Å². The summed E-state index contributed by atoms with van der Waals surface area (Å²) in [6.07, 6.45) is -1.68. The highest BCUT2D eigenvalue weighted by molar-refractivity contribution is 9.09. The fourth-order valence-electron chi connectivity index (χ4n) is 1.46. The van der Waals surface area contributed by atoms with E-state index >= 15 is 0 Å². The molecule has 1 aromatic rings. The summed E-state index contributed by atoms with van der Waals surface area (Å²) in [5, 5.41) is 0.661. The van der Waals surface area contributed by atoms with Crippen molar-refractivity contribution in [1.82, 2.24) is 0 Å². The summed E-state index contributed by atoms with van der Waals surface area (Å²) >= 11 is 2.80. The van der Waals surface area contributed by atoms with Crippen molar-refractivity contribution >= 4 is 27.7 Å². The molecule has 0 spiro atoms. The molecule has 0 saturated carbocycles. The average Bonchev–Trinajstić information content (AvgIpc) is 2.25. The molecule has 0 nitrogen and oxygen atoms in total. The molecule has 0 saturated heterocycles. The maximum Gasteiger partial charge on any atom is 0.446 e. The third-order valence-corrected chi connectivity index (χ3v) is 3.45. The first-order valence-corrected chi connectivity index (χ1v) is 7.00. The molecule has 0 heterocycles. The first-order valence-electron chi connectivity index (χ1n) is 5.06. The van der Waals surface area contributed by atoms with E-state index in [0.717, 1.165) is 6.07 Å². The van der Waals surface area contributed by atoms with Gasteiger partial charge in [-0.3, -0.25) is 0 Å². The fourth-order valence-corrected chi connectivity index (χ4v) is 2.33. The van der Waals surface area contributed by atoms with Crippen molar-refractivity contribution in [3.8, 4) is 0 Å². The lowest BCUT2D eigenvalue weighted by atomic mass is 10.0. The first-order chi connectivity index (χ1) is 8.33. The molecular formula is C11H10BrF5S. The van der Waals surface area contributed by atoms with Gasteiger partial charge >= 0.3 is 5.51 Å². The molecule has 0 aliphatic heterocycles. The second-order valence-corrected chi connectivity index (χ2v) is 5.43. The van der Waals surface area contributed by atoms with E-state index in [9.17, 15) is 22.0 Å². The van der Waals surface area contributed by atoms with Crippen LogP contribution in [0.3, 0.4) is 0 Å². The Bertz CT molecular complexity index is 392. The number of halogens is 6. The van der Waals surface area contributed by atoms with Gasteiger partial charge in [0.2, 0.25) is 0 Å².